The molecule has 0 saturated carbocycles. The lowest BCUT2D eigenvalue weighted by atomic mass is 10.1. The standard InChI is InChI=1S/C19H19F2N3O3S/c1-12(2)18-17(19(25)24(23(18)3)13-7-5-4-6-8-13)22-28(26,27)14-9-10-15(20)16(21)11-14/h4-12,22H,1-3H3. The maximum Gasteiger partial charge on any atom is 0.296 e. The molecule has 3 aromatic rings. The van der Waals surface area contributed by atoms with E-state index >= 15 is 0 Å². The third kappa shape index (κ3) is 3.45. The van der Waals surface area contributed by atoms with Crippen molar-refractivity contribution in [2.45, 2.75) is 24.7 Å². The molecule has 28 heavy (non-hydrogen) atoms. The van der Waals surface area contributed by atoms with Gasteiger partial charge in [0.05, 0.1) is 16.3 Å². The number of rotatable bonds is 5. The van der Waals surface area contributed by atoms with Gasteiger partial charge in [-0.15, -0.1) is 0 Å². The van der Waals surface area contributed by atoms with Crippen LogP contribution in [0.15, 0.2) is 58.2 Å². The number of sulfonamides is 1. The highest BCUT2D eigenvalue weighted by Crippen LogP contribution is 2.26. The van der Waals surface area contributed by atoms with Gasteiger partial charge in [-0.05, 0) is 36.2 Å². The monoisotopic (exact) mass is 407 g/mol. The number of aromatic nitrogens is 2. The molecule has 0 bridgehead atoms. The molecule has 1 N–H and O–H groups in total. The van der Waals surface area contributed by atoms with Gasteiger partial charge in [0.25, 0.3) is 15.6 Å². The summed E-state index contributed by atoms with van der Waals surface area (Å²) in [5.74, 6) is -2.64. The molecule has 2 aromatic carbocycles. The van der Waals surface area contributed by atoms with Crippen molar-refractivity contribution in [1.29, 1.82) is 0 Å². The molecule has 0 unspecified atom stereocenters. The van der Waals surface area contributed by atoms with E-state index in [-0.39, 0.29) is 11.6 Å². The Kier molecular flexibility index (Phi) is 5.12. The van der Waals surface area contributed by atoms with Crippen molar-refractivity contribution in [2.75, 3.05) is 4.72 Å². The van der Waals surface area contributed by atoms with E-state index in [1.165, 1.54) is 4.68 Å². The van der Waals surface area contributed by atoms with Gasteiger partial charge in [-0.1, -0.05) is 32.0 Å². The van der Waals surface area contributed by atoms with Crippen LogP contribution in [0.1, 0.15) is 25.5 Å². The number of halogens is 2. The Bertz CT molecular complexity index is 1180. The van der Waals surface area contributed by atoms with E-state index in [1.807, 2.05) is 13.8 Å². The van der Waals surface area contributed by atoms with Gasteiger partial charge >= 0.3 is 0 Å². The highest BCUT2D eigenvalue weighted by molar-refractivity contribution is 7.92. The van der Waals surface area contributed by atoms with Gasteiger partial charge in [0.1, 0.15) is 5.69 Å². The Balaban J connectivity index is 2.16. The predicted octanol–water partition coefficient (Wildman–Crippen LogP) is 3.38. The van der Waals surface area contributed by atoms with Crippen LogP contribution in [0.3, 0.4) is 0 Å². The SMILES string of the molecule is CC(C)c1c(NS(=O)(=O)c2ccc(F)c(F)c2)c(=O)n(-c2ccccc2)n1C. The second kappa shape index (κ2) is 7.23. The van der Waals surface area contributed by atoms with Crippen LogP contribution in [0.4, 0.5) is 14.5 Å². The summed E-state index contributed by atoms with van der Waals surface area (Å²) in [6.45, 7) is 3.64. The van der Waals surface area contributed by atoms with Crippen molar-refractivity contribution in [1.82, 2.24) is 9.36 Å². The van der Waals surface area contributed by atoms with Gasteiger partial charge in [0.15, 0.2) is 11.6 Å². The third-order valence-electron chi connectivity index (χ3n) is 4.30. The lowest BCUT2D eigenvalue weighted by Gasteiger charge is -2.13. The second-order valence-corrected chi connectivity index (χ2v) is 8.25. The quantitative estimate of drug-likeness (QED) is 0.705. The predicted molar refractivity (Wildman–Crippen MR) is 102 cm³/mol. The Morgan fingerprint density at radius 3 is 2.21 bits per heavy atom. The van der Waals surface area contributed by atoms with E-state index in [9.17, 15) is 22.0 Å². The molecule has 0 aliphatic heterocycles. The molecule has 9 heteroatoms. The number of benzene rings is 2. The summed E-state index contributed by atoms with van der Waals surface area (Å²) in [6.07, 6.45) is 0. The van der Waals surface area contributed by atoms with Crippen molar-refractivity contribution < 1.29 is 17.2 Å². The number of hydrogen-bond acceptors (Lipinski definition) is 3. The molecule has 1 aromatic heterocycles. The first-order valence-electron chi connectivity index (χ1n) is 8.48. The average Bonchev–Trinajstić information content (AvgIpc) is 2.87. The Morgan fingerprint density at radius 2 is 1.64 bits per heavy atom. The minimum atomic E-state index is -4.30. The van der Waals surface area contributed by atoms with Gasteiger partial charge in [-0.25, -0.2) is 21.9 Å². The molecule has 148 valence electrons. The summed E-state index contributed by atoms with van der Waals surface area (Å²) in [5.41, 5.74) is 0.324. The zero-order chi connectivity index (χ0) is 20.6. The topological polar surface area (TPSA) is 73.1 Å². The van der Waals surface area contributed by atoms with Crippen LogP contribution in [0, 0.1) is 11.6 Å². The minimum absolute atomic E-state index is 0.133. The van der Waals surface area contributed by atoms with Gasteiger partial charge < -0.3 is 0 Å². The number of anilines is 1. The van der Waals surface area contributed by atoms with E-state index < -0.39 is 32.1 Å². The summed E-state index contributed by atoms with van der Waals surface area (Å²) in [4.78, 5) is 12.6. The zero-order valence-corrected chi connectivity index (χ0v) is 16.3. The Labute approximate surface area is 161 Å². The van der Waals surface area contributed by atoms with Crippen LogP contribution in [0.25, 0.3) is 5.69 Å². The Hall–Kier alpha value is -2.94. The number of nitrogens with zero attached hydrogens (tertiary/aromatic N) is 2. The summed E-state index contributed by atoms with van der Waals surface area (Å²) in [7, 11) is -2.65. The molecular formula is C19H19F2N3O3S. The van der Waals surface area contributed by atoms with Crippen LogP contribution in [0.2, 0.25) is 0 Å². The molecule has 0 saturated heterocycles. The molecule has 6 nitrogen and oxygen atoms in total. The lowest BCUT2D eigenvalue weighted by Crippen LogP contribution is -2.23. The van der Waals surface area contributed by atoms with Crippen LogP contribution in [-0.2, 0) is 17.1 Å². The average molecular weight is 407 g/mol. The fourth-order valence-corrected chi connectivity index (χ4v) is 4.16. The molecule has 0 amide bonds. The maximum atomic E-state index is 13.5. The van der Waals surface area contributed by atoms with Gasteiger partial charge in [0.2, 0.25) is 0 Å². The molecule has 0 atom stereocenters. The maximum absolute atomic E-state index is 13.5. The smallest absolute Gasteiger partial charge is 0.283 e. The number of nitrogens with one attached hydrogen (secondary N) is 1. The van der Waals surface area contributed by atoms with Gasteiger partial charge in [-0.2, -0.15) is 0 Å². The fraction of sp³-hybridized carbons (Fsp3) is 0.211. The first kappa shape index (κ1) is 19.8. The Morgan fingerprint density at radius 1 is 1.00 bits per heavy atom. The number of hydrogen-bond donors (Lipinski definition) is 1. The lowest BCUT2D eigenvalue weighted by molar-refractivity contribution is 0.504. The molecule has 0 fully saturated rings. The van der Waals surface area contributed by atoms with Crippen molar-refractivity contribution in [3.05, 3.63) is 76.2 Å². The third-order valence-corrected chi connectivity index (χ3v) is 5.64. The van der Waals surface area contributed by atoms with Gasteiger partial charge in [0, 0.05) is 7.05 Å². The summed E-state index contributed by atoms with van der Waals surface area (Å²) < 4.78 is 57.2. The summed E-state index contributed by atoms with van der Waals surface area (Å²) in [5, 5.41) is 0. The second-order valence-electron chi connectivity index (χ2n) is 6.57. The fourth-order valence-electron chi connectivity index (χ4n) is 3.08. The van der Waals surface area contributed by atoms with E-state index in [0.717, 1.165) is 12.1 Å². The molecule has 0 aliphatic carbocycles. The zero-order valence-electron chi connectivity index (χ0n) is 15.5. The largest absolute Gasteiger partial charge is 0.296 e. The van der Waals surface area contributed by atoms with Crippen LogP contribution in [0.5, 0.6) is 0 Å². The van der Waals surface area contributed by atoms with Crippen molar-refractivity contribution >= 4 is 15.7 Å². The van der Waals surface area contributed by atoms with E-state index in [1.54, 1.807) is 42.1 Å². The molecular weight excluding hydrogens is 388 g/mol. The van der Waals surface area contributed by atoms with Crippen LogP contribution in [-0.4, -0.2) is 17.8 Å². The highest BCUT2D eigenvalue weighted by atomic mass is 32.2. The first-order valence-corrected chi connectivity index (χ1v) is 9.97. The summed E-state index contributed by atoms with van der Waals surface area (Å²) >= 11 is 0. The van der Waals surface area contributed by atoms with Gasteiger partial charge in [-0.3, -0.25) is 14.2 Å². The highest BCUT2D eigenvalue weighted by Gasteiger charge is 2.26. The van der Waals surface area contributed by atoms with Crippen molar-refractivity contribution in [2.24, 2.45) is 7.05 Å². The normalized spacial score (nSPS) is 11.8. The molecule has 3 rings (SSSR count). The molecule has 0 spiro atoms. The van der Waals surface area contributed by atoms with E-state index in [4.69, 9.17) is 0 Å². The molecule has 1 heterocycles. The minimum Gasteiger partial charge on any atom is -0.283 e. The first-order chi connectivity index (χ1) is 13.1. The summed E-state index contributed by atoms with van der Waals surface area (Å²) in [6, 6.07) is 11.0. The number of para-hydroxylation sites is 1. The van der Waals surface area contributed by atoms with E-state index in [2.05, 4.69) is 4.72 Å². The van der Waals surface area contributed by atoms with Crippen molar-refractivity contribution in [3.8, 4) is 5.69 Å². The van der Waals surface area contributed by atoms with Crippen molar-refractivity contribution in [3.63, 3.8) is 0 Å². The molecule has 0 radical (unpaired) electrons. The molecule has 0 aliphatic rings. The van der Waals surface area contributed by atoms with Crippen LogP contribution < -0.4 is 10.3 Å². The van der Waals surface area contributed by atoms with Crippen LogP contribution >= 0.6 is 0 Å². The van der Waals surface area contributed by atoms with E-state index in [0.29, 0.717) is 17.4 Å².